The van der Waals surface area contributed by atoms with Crippen molar-refractivity contribution in [2.45, 2.75) is 56.9 Å². The first kappa shape index (κ1) is 20.6. The van der Waals surface area contributed by atoms with Crippen molar-refractivity contribution in [3.63, 3.8) is 0 Å². The predicted molar refractivity (Wildman–Crippen MR) is 117 cm³/mol. The van der Waals surface area contributed by atoms with E-state index in [9.17, 15) is 0 Å². The number of ether oxygens (including phenoxy) is 1. The van der Waals surface area contributed by atoms with Gasteiger partial charge in [-0.3, -0.25) is 9.89 Å². The quantitative estimate of drug-likeness (QED) is 0.387. The van der Waals surface area contributed by atoms with E-state index >= 15 is 0 Å². The van der Waals surface area contributed by atoms with Gasteiger partial charge >= 0.3 is 0 Å². The van der Waals surface area contributed by atoms with Gasteiger partial charge in [-0.05, 0) is 63.5 Å². The monoisotopic (exact) mass is 476 g/mol. The Morgan fingerprint density at radius 3 is 2.23 bits per heavy atom. The predicted octanol–water partition coefficient (Wildman–Crippen LogP) is 2.95. The fraction of sp³-hybridized carbons (Fsp3) is 0.950. The number of likely N-dealkylation sites (tertiary alicyclic amines) is 2. The van der Waals surface area contributed by atoms with Crippen LogP contribution in [0.1, 0.15) is 51.4 Å². The summed E-state index contributed by atoms with van der Waals surface area (Å²) in [5.41, 5.74) is 0.275. The van der Waals surface area contributed by atoms with Crippen LogP contribution >= 0.6 is 24.0 Å². The number of fused-ring (bicyclic) bond motifs is 1. The first-order valence-electron chi connectivity index (χ1n) is 10.6. The van der Waals surface area contributed by atoms with Crippen LogP contribution < -0.4 is 5.32 Å². The summed E-state index contributed by atoms with van der Waals surface area (Å²) in [4.78, 5) is 9.93. The number of rotatable bonds is 3. The minimum absolute atomic E-state index is 0. The van der Waals surface area contributed by atoms with Crippen molar-refractivity contribution >= 4 is 29.9 Å². The average molecular weight is 476 g/mol. The van der Waals surface area contributed by atoms with Crippen molar-refractivity contribution in [2.75, 3.05) is 53.0 Å². The Kier molecular flexibility index (Phi) is 7.48. The molecule has 0 aromatic rings. The van der Waals surface area contributed by atoms with Gasteiger partial charge in [0.2, 0.25) is 0 Å². The third-order valence-corrected chi connectivity index (χ3v) is 7.26. The van der Waals surface area contributed by atoms with Crippen molar-refractivity contribution in [3.05, 3.63) is 0 Å². The van der Waals surface area contributed by atoms with Gasteiger partial charge < -0.3 is 15.0 Å². The van der Waals surface area contributed by atoms with E-state index in [1.807, 2.05) is 7.05 Å². The Morgan fingerprint density at radius 1 is 1.04 bits per heavy atom. The molecule has 26 heavy (non-hydrogen) atoms. The smallest absolute Gasteiger partial charge is 0.193 e. The van der Waals surface area contributed by atoms with Crippen molar-refractivity contribution in [3.8, 4) is 0 Å². The van der Waals surface area contributed by atoms with E-state index in [0.717, 1.165) is 50.4 Å². The minimum Gasteiger partial charge on any atom is -0.381 e. The molecular formula is C20H37IN4O. The van der Waals surface area contributed by atoms with E-state index in [1.54, 1.807) is 0 Å². The molecule has 2 atom stereocenters. The molecule has 4 fully saturated rings. The lowest BCUT2D eigenvalue weighted by molar-refractivity contribution is -0.0166. The molecule has 6 heteroatoms. The maximum Gasteiger partial charge on any atom is 0.193 e. The standard InChI is InChI=1S/C20H36N4O.HI/c1-21-19(23-14-17-6-2-3-7-18(17)15-23)22-16-20(8-12-25-13-9-20)24-10-4-5-11-24;/h17-18H,2-16H2,1H3,(H,21,22);1H. The Bertz CT molecular complexity index is 460. The molecule has 0 spiro atoms. The van der Waals surface area contributed by atoms with Gasteiger partial charge in [-0.1, -0.05) is 12.8 Å². The van der Waals surface area contributed by atoms with Crippen LogP contribution in [0.4, 0.5) is 0 Å². The third-order valence-electron chi connectivity index (χ3n) is 7.26. The lowest BCUT2D eigenvalue weighted by atomic mass is 9.82. The number of nitrogens with one attached hydrogen (secondary N) is 1. The number of hydrogen-bond donors (Lipinski definition) is 1. The summed E-state index contributed by atoms with van der Waals surface area (Å²) >= 11 is 0. The highest BCUT2D eigenvalue weighted by Crippen LogP contribution is 2.36. The number of hydrogen-bond acceptors (Lipinski definition) is 3. The molecule has 1 saturated carbocycles. The largest absolute Gasteiger partial charge is 0.381 e. The topological polar surface area (TPSA) is 40.1 Å². The van der Waals surface area contributed by atoms with Crippen molar-refractivity contribution < 1.29 is 4.74 Å². The zero-order valence-electron chi connectivity index (χ0n) is 16.4. The number of halogens is 1. The molecule has 2 unspecified atom stereocenters. The second-order valence-electron chi connectivity index (χ2n) is 8.64. The van der Waals surface area contributed by atoms with Crippen LogP contribution in [-0.4, -0.2) is 74.3 Å². The molecule has 0 aromatic carbocycles. The molecular weight excluding hydrogens is 439 g/mol. The molecule has 1 aliphatic carbocycles. The normalized spacial score (nSPS) is 32.2. The lowest BCUT2D eigenvalue weighted by Gasteiger charge is -2.45. The van der Waals surface area contributed by atoms with Crippen molar-refractivity contribution in [1.29, 1.82) is 0 Å². The summed E-state index contributed by atoms with van der Waals surface area (Å²) in [6.07, 6.45) is 10.7. The highest BCUT2D eigenvalue weighted by Gasteiger charge is 2.41. The summed E-state index contributed by atoms with van der Waals surface area (Å²) in [7, 11) is 1.96. The summed E-state index contributed by atoms with van der Waals surface area (Å²) in [6.45, 7) is 7.78. The van der Waals surface area contributed by atoms with Gasteiger partial charge in [-0.15, -0.1) is 24.0 Å². The molecule has 0 radical (unpaired) electrons. The van der Waals surface area contributed by atoms with Gasteiger partial charge in [0.05, 0.1) is 0 Å². The van der Waals surface area contributed by atoms with Crippen LogP contribution in [0, 0.1) is 11.8 Å². The van der Waals surface area contributed by atoms with Crippen LogP contribution in [0.25, 0.3) is 0 Å². The minimum atomic E-state index is 0. The Hall–Kier alpha value is -0.0800. The molecule has 0 aromatic heterocycles. The summed E-state index contributed by atoms with van der Waals surface area (Å²) < 4.78 is 5.69. The highest BCUT2D eigenvalue weighted by atomic mass is 127. The molecule has 150 valence electrons. The van der Waals surface area contributed by atoms with Gasteiger partial charge in [0, 0.05) is 45.4 Å². The van der Waals surface area contributed by atoms with Gasteiger partial charge in [-0.25, -0.2) is 0 Å². The Morgan fingerprint density at radius 2 is 1.65 bits per heavy atom. The first-order valence-corrected chi connectivity index (χ1v) is 10.6. The summed E-state index contributed by atoms with van der Waals surface area (Å²) in [5, 5.41) is 3.79. The molecule has 3 saturated heterocycles. The van der Waals surface area contributed by atoms with Crippen molar-refractivity contribution in [1.82, 2.24) is 15.1 Å². The molecule has 1 N–H and O–H groups in total. The van der Waals surface area contributed by atoms with Gasteiger partial charge in [0.25, 0.3) is 0 Å². The van der Waals surface area contributed by atoms with E-state index in [2.05, 4.69) is 20.1 Å². The van der Waals surface area contributed by atoms with Crippen LogP contribution in [0.15, 0.2) is 4.99 Å². The second-order valence-corrected chi connectivity index (χ2v) is 8.64. The SMILES string of the molecule is CN=C(NCC1(N2CCCC2)CCOCC1)N1CC2CCCCC2C1.I. The second kappa shape index (κ2) is 9.41. The Balaban J connectivity index is 0.00000196. The highest BCUT2D eigenvalue weighted by molar-refractivity contribution is 14.0. The van der Waals surface area contributed by atoms with Gasteiger partial charge in [0.1, 0.15) is 0 Å². The lowest BCUT2D eigenvalue weighted by Crippen LogP contribution is -2.58. The summed E-state index contributed by atoms with van der Waals surface area (Å²) in [6, 6.07) is 0. The van der Waals surface area contributed by atoms with E-state index in [-0.39, 0.29) is 29.5 Å². The number of guanidine groups is 1. The molecule has 0 amide bonds. The fourth-order valence-electron chi connectivity index (χ4n) is 5.70. The molecule has 3 aliphatic heterocycles. The maximum absolute atomic E-state index is 5.69. The molecule has 3 heterocycles. The number of aliphatic imine (C=N–C) groups is 1. The van der Waals surface area contributed by atoms with E-state index in [1.165, 1.54) is 64.7 Å². The van der Waals surface area contributed by atoms with E-state index in [4.69, 9.17) is 4.74 Å². The molecule has 5 nitrogen and oxygen atoms in total. The zero-order valence-corrected chi connectivity index (χ0v) is 18.7. The molecule has 0 bridgehead atoms. The summed E-state index contributed by atoms with van der Waals surface area (Å²) in [5.74, 6) is 2.95. The first-order chi connectivity index (χ1) is 12.3. The van der Waals surface area contributed by atoms with Crippen molar-refractivity contribution in [2.24, 2.45) is 16.8 Å². The fourth-order valence-corrected chi connectivity index (χ4v) is 5.70. The van der Waals surface area contributed by atoms with E-state index in [0.29, 0.717) is 0 Å². The van der Waals surface area contributed by atoms with Gasteiger partial charge in [0.15, 0.2) is 5.96 Å². The zero-order chi connectivity index (χ0) is 17.1. The molecule has 4 rings (SSSR count). The van der Waals surface area contributed by atoms with Crippen LogP contribution in [0.3, 0.4) is 0 Å². The third kappa shape index (κ3) is 4.32. The van der Waals surface area contributed by atoms with Gasteiger partial charge in [-0.2, -0.15) is 0 Å². The average Bonchev–Trinajstić information content (AvgIpc) is 3.33. The van der Waals surface area contributed by atoms with Crippen LogP contribution in [0.5, 0.6) is 0 Å². The maximum atomic E-state index is 5.69. The van der Waals surface area contributed by atoms with E-state index < -0.39 is 0 Å². The Labute approximate surface area is 176 Å². The molecule has 4 aliphatic rings. The van der Waals surface area contributed by atoms with Crippen LogP contribution in [0.2, 0.25) is 0 Å². The van der Waals surface area contributed by atoms with Crippen LogP contribution in [-0.2, 0) is 4.74 Å². The number of nitrogens with zero attached hydrogens (tertiary/aromatic N) is 3.